The van der Waals surface area contributed by atoms with Crippen molar-refractivity contribution in [1.29, 1.82) is 5.41 Å². The summed E-state index contributed by atoms with van der Waals surface area (Å²) in [5.41, 5.74) is 7.14. The van der Waals surface area contributed by atoms with Gasteiger partial charge in [0.1, 0.15) is 18.5 Å². The molecule has 2 aromatic carbocycles. The maximum absolute atomic E-state index is 12.7. The van der Waals surface area contributed by atoms with Crippen molar-refractivity contribution in [2.45, 2.75) is 13.0 Å². The predicted octanol–water partition coefficient (Wildman–Crippen LogP) is 2.50. The van der Waals surface area contributed by atoms with E-state index in [-0.39, 0.29) is 11.8 Å². The number of methoxy groups -OCH3 is 1. The number of ether oxygens (including phenoxy) is 2. The van der Waals surface area contributed by atoms with Crippen LogP contribution in [-0.2, 0) is 4.79 Å². The number of anilines is 1. The van der Waals surface area contributed by atoms with Crippen molar-refractivity contribution in [3.05, 3.63) is 101 Å². The fourth-order valence-electron chi connectivity index (χ4n) is 3.36. The molecule has 0 amide bonds. The Morgan fingerprint density at radius 2 is 1.90 bits per heavy atom. The van der Waals surface area contributed by atoms with Crippen LogP contribution in [0.1, 0.15) is 29.9 Å². The summed E-state index contributed by atoms with van der Waals surface area (Å²) < 4.78 is 12.3. The van der Waals surface area contributed by atoms with Gasteiger partial charge in [-0.3, -0.25) is 15.2 Å². The third-order valence-electron chi connectivity index (χ3n) is 5.03. The molecule has 0 aliphatic rings. The molecule has 1 unspecified atom stereocenters. The summed E-state index contributed by atoms with van der Waals surface area (Å²) in [6, 6.07) is 13.5. The number of H-pyrrole nitrogens is 1. The molecule has 0 saturated heterocycles. The van der Waals surface area contributed by atoms with E-state index in [1.807, 2.05) is 6.07 Å². The number of hydrogen-bond acceptors (Lipinski definition) is 9. The van der Waals surface area contributed by atoms with Crippen molar-refractivity contribution in [2.24, 2.45) is 5.73 Å². The summed E-state index contributed by atoms with van der Waals surface area (Å²) in [5, 5.41) is 22.8. The SMILES string of the molecule is C=CCOc1cc(C(Nc2ccc(C(=N)N)cc2)c2nn(-c3ncccn3)c(=O)[nH]2)ccc1OC.CC(=O)O. The number of hydrogen-bond donors (Lipinski definition) is 5. The summed E-state index contributed by atoms with van der Waals surface area (Å²) in [6.45, 7) is 5.06. The minimum absolute atomic E-state index is 0.0294. The second-order valence-electron chi connectivity index (χ2n) is 7.87. The third-order valence-corrected chi connectivity index (χ3v) is 5.03. The van der Waals surface area contributed by atoms with Crippen LogP contribution in [0, 0.1) is 5.41 Å². The molecule has 1 atom stereocenters. The van der Waals surface area contributed by atoms with Crippen LogP contribution < -0.4 is 26.2 Å². The fraction of sp³-hybridized carbons (Fsp3) is 0.154. The zero-order valence-corrected chi connectivity index (χ0v) is 21.3. The van der Waals surface area contributed by atoms with Gasteiger partial charge in [0.25, 0.3) is 11.9 Å². The van der Waals surface area contributed by atoms with Crippen LogP contribution in [0.2, 0.25) is 0 Å². The van der Waals surface area contributed by atoms with E-state index in [1.54, 1.807) is 55.7 Å². The average molecular weight is 533 g/mol. The van der Waals surface area contributed by atoms with E-state index in [0.717, 1.165) is 22.9 Å². The van der Waals surface area contributed by atoms with E-state index in [0.29, 0.717) is 29.5 Å². The maximum Gasteiger partial charge on any atom is 0.350 e. The number of carboxylic acid groups (broad SMARTS) is 1. The van der Waals surface area contributed by atoms with Gasteiger partial charge in [-0.25, -0.2) is 14.8 Å². The molecular formula is C26H28N8O5. The second kappa shape index (κ2) is 13.2. The predicted molar refractivity (Wildman–Crippen MR) is 145 cm³/mol. The summed E-state index contributed by atoms with van der Waals surface area (Å²) >= 11 is 0. The molecule has 4 rings (SSSR count). The Hall–Kier alpha value is -5.46. The zero-order valence-electron chi connectivity index (χ0n) is 21.3. The van der Waals surface area contributed by atoms with Crippen molar-refractivity contribution >= 4 is 17.5 Å². The number of nitrogens with zero attached hydrogens (tertiary/aromatic N) is 4. The number of nitrogens with two attached hydrogens (primary N) is 1. The lowest BCUT2D eigenvalue weighted by atomic mass is 10.0. The molecule has 0 aliphatic carbocycles. The zero-order chi connectivity index (χ0) is 28.4. The van der Waals surface area contributed by atoms with E-state index < -0.39 is 17.7 Å². The number of aromatic amines is 1. The minimum atomic E-state index is -0.833. The van der Waals surface area contributed by atoms with Gasteiger partial charge in [0.05, 0.1) is 7.11 Å². The number of benzene rings is 2. The molecule has 0 aliphatic heterocycles. The van der Waals surface area contributed by atoms with Gasteiger partial charge in [-0.15, -0.1) is 9.78 Å². The summed E-state index contributed by atoms with van der Waals surface area (Å²) in [6.07, 6.45) is 4.70. The van der Waals surface area contributed by atoms with Gasteiger partial charge in [-0.05, 0) is 48.0 Å². The second-order valence-corrected chi connectivity index (χ2v) is 7.87. The van der Waals surface area contributed by atoms with Crippen LogP contribution in [0.25, 0.3) is 5.95 Å². The molecule has 4 aromatic rings. The first-order valence-corrected chi connectivity index (χ1v) is 11.5. The van der Waals surface area contributed by atoms with E-state index in [4.69, 9.17) is 30.5 Å². The van der Waals surface area contributed by atoms with Gasteiger partial charge in [0, 0.05) is 30.6 Å². The smallest absolute Gasteiger partial charge is 0.350 e. The number of nitrogen functional groups attached to an aromatic ring is 1. The van der Waals surface area contributed by atoms with Crippen molar-refractivity contribution in [1.82, 2.24) is 24.7 Å². The molecule has 0 spiro atoms. The van der Waals surface area contributed by atoms with Gasteiger partial charge in [-0.2, -0.15) is 0 Å². The van der Waals surface area contributed by atoms with Crippen molar-refractivity contribution in [3.63, 3.8) is 0 Å². The molecule has 13 nitrogen and oxygen atoms in total. The van der Waals surface area contributed by atoms with Crippen LogP contribution in [0.3, 0.4) is 0 Å². The van der Waals surface area contributed by atoms with E-state index in [1.165, 1.54) is 12.4 Å². The first kappa shape index (κ1) is 28.1. The normalized spacial score (nSPS) is 10.9. The first-order valence-electron chi connectivity index (χ1n) is 11.5. The summed E-state index contributed by atoms with van der Waals surface area (Å²) in [7, 11) is 1.56. The number of aromatic nitrogens is 5. The highest BCUT2D eigenvalue weighted by molar-refractivity contribution is 5.95. The summed E-state index contributed by atoms with van der Waals surface area (Å²) in [5.74, 6) is 0.680. The lowest BCUT2D eigenvalue weighted by molar-refractivity contribution is -0.134. The van der Waals surface area contributed by atoms with Gasteiger partial charge < -0.3 is 25.6 Å². The minimum Gasteiger partial charge on any atom is -0.493 e. The molecular weight excluding hydrogens is 504 g/mol. The van der Waals surface area contributed by atoms with Crippen molar-refractivity contribution in [3.8, 4) is 17.4 Å². The van der Waals surface area contributed by atoms with E-state index >= 15 is 0 Å². The molecule has 2 heterocycles. The van der Waals surface area contributed by atoms with E-state index in [2.05, 4.69) is 31.9 Å². The number of carbonyl (C=O) groups is 1. The standard InChI is InChI=1S/C24H24N8O3.C2H4O2/c1-3-13-35-19-14-16(7-10-18(19)34-2)20(29-17-8-5-15(6-9-17)21(25)26)22-30-24(33)32(31-22)23-27-11-4-12-28-23;1-2(3)4/h3-12,14,20,29H,1,13H2,2H3,(H3,25,26)(H,30,31,33);1H3,(H,3,4). The Bertz CT molecular complexity index is 1480. The quantitative estimate of drug-likeness (QED) is 0.115. The number of nitrogens with one attached hydrogen (secondary N) is 3. The molecule has 6 N–H and O–H groups in total. The highest BCUT2D eigenvalue weighted by Crippen LogP contribution is 2.33. The molecule has 0 radical (unpaired) electrons. The number of rotatable bonds is 10. The Morgan fingerprint density at radius 1 is 1.23 bits per heavy atom. The molecule has 39 heavy (non-hydrogen) atoms. The maximum atomic E-state index is 12.7. The highest BCUT2D eigenvalue weighted by Gasteiger charge is 2.22. The Labute approximate surface area is 223 Å². The largest absolute Gasteiger partial charge is 0.493 e. The van der Waals surface area contributed by atoms with Gasteiger partial charge in [0.15, 0.2) is 17.3 Å². The topological polar surface area (TPSA) is 194 Å². The van der Waals surface area contributed by atoms with E-state index in [9.17, 15) is 4.79 Å². The Kier molecular flexibility index (Phi) is 9.51. The monoisotopic (exact) mass is 532 g/mol. The summed E-state index contributed by atoms with van der Waals surface area (Å²) in [4.78, 5) is 32.7. The number of amidine groups is 1. The van der Waals surface area contributed by atoms with Crippen LogP contribution >= 0.6 is 0 Å². The molecule has 2 aromatic heterocycles. The first-order chi connectivity index (χ1) is 18.7. The van der Waals surface area contributed by atoms with Crippen molar-refractivity contribution in [2.75, 3.05) is 19.0 Å². The van der Waals surface area contributed by atoms with Gasteiger partial charge >= 0.3 is 5.69 Å². The average Bonchev–Trinajstić information content (AvgIpc) is 3.32. The van der Waals surface area contributed by atoms with Crippen LogP contribution in [0.15, 0.2) is 78.4 Å². The Morgan fingerprint density at radius 3 is 2.49 bits per heavy atom. The van der Waals surface area contributed by atoms with Gasteiger partial charge in [-0.1, -0.05) is 18.7 Å². The molecule has 202 valence electrons. The lowest BCUT2D eigenvalue weighted by Gasteiger charge is -2.20. The lowest BCUT2D eigenvalue weighted by Crippen LogP contribution is -2.18. The van der Waals surface area contributed by atoms with Crippen molar-refractivity contribution < 1.29 is 19.4 Å². The number of carboxylic acids is 1. The fourth-order valence-corrected chi connectivity index (χ4v) is 3.36. The Balaban J connectivity index is 0.000000983. The van der Waals surface area contributed by atoms with Crippen LogP contribution in [-0.4, -0.2) is 55.4 Å². The molecule has 0 saturated carbocycles. The molecule has 13 heteroatoms. The van der Waals surface area contributed by atoms with Crippen LogP contribution in [0.4, 0.5) is 5.69 Å². The molecule has 0 fully saturated rings. The highest BCUT2D eigenvalue weighted by atomic mass is 16.5. The van der Waals surface area contributed by atoms with Gasteiger partial charge in [0.2, 0.25) is 0 Å². The number of aliphatic carboxylic acids is 1. The van der Waals surface area contributed by atoms with Crippen LogP contribution in [0.5, 0.6) is 11.5 Å². The molecule has 0 bridgehead atoms. The third kappa shape index (κ3) is 7.52.